The molecule has 1 rings (SSSR count). The monoisotopic (exact) mass is 253 g/mol. The van der Waals surface area contributed by atoms with Crippen molar-refractivity contribution >= 4 is 0 Å². The topological polar surface area (TPSA) is 21.3 Å². The lowest BCUT2D eigenvalue weighted by Crippen LogP contribution is -2.37. The Balaban J connectivity index is 2.56. The van der Waals surface area contributed by atoms with Crippen LogP contribution in [0.1, 0.15) is 32.8 Å². The fraction of sp³-hybridized carbons (Fsp3) is 0.600. The van der Waals surface area contributed by atoms with Gasteiger partial charge in [-0.1, -0.05) is 25.1 Å². The highest BCUT2D eigenvalue weighted by Gasteiger charge is 2.12. The third-order valence-corrected chi connectivity index (χ3v) is 2.74. The van der Waals surface area contributed by atoms with Crippen molar-refractivity contribution in [1.29, 1.82) is 0 Å². The quantitative estimate of drug-likeness (QED) is 0.768. The van der Waals surface area contributed by atoms with E-state index in [-0.39, 0.29) is 18.0 Å². The molecule has 3 heteroatoms. The minimum Gasteiger partial charge on any atom is -0.377 e. The van der Waals surface area contributed by atoms with Crippen molar-refractivity contribution in [3.63, 3.8) is 0 Å². The van der Waals surface area contributed by atoms with Crippen molar-refractivity contribution in [1.82, 2.24) is 5.32 Å². The molecule has 0 aliphatic rings. The van der Waals surface area contributed by atoms with Gasteiger partial charge in [0.05, 0.1) is 12.7 Å². The first kappa shape index (κ1) is 15.1. The van der Waals surface area contributed by atoms with E-state index in [1.54, 1.807) is 6.07 Å². The minimum atomic E-state index is -0.134. The van der Waals surface area contributed by atoms with Crippen LogP contribution in [0.25, 0.3) is 0 Å². The van der Waals surface area contributed by atoms with Gasteiger partial charge in [-0.2, -0.15) is 0 Å². The van der Waals surface area contributed by atoms with Gasteiger partial charge in [0.25, 0.3) is 0 Å². The van der Waals surface area contributed by atoms with Gasteiger partial charge in [0, 0.05) is 6.04 Å². The molecule has 0 radical (unpaired) electrons. The molecule has 1 aromatic rings. The third kappa shape index (κ3) is 5.61. The Labute approximate surface area is 110 Å². The first-order valence-electron chi connectivity index (χ1n) is 6.71. The maximum absolute atomic E-state index is 13.6. The van der Waals surface area contributed by atoms with Crippen LogP contribution >= 0.6 is 0 Å². The zero-order chi connectivity index (χ0) is 13.4. The Morgan fingerprint density at radius 2 is 2.00 bits per heavy atom. The molecule has 2 nitrogen and oxygen atoms in total. The number of rotatable bonds is 8. The molecule has 0 aromatic heterocycles. The molecule has 0 amide bonds. The largest absolute Gasteiger partial charge is 0.377 e. The van der Waals surface area contributed by atoms with Crippen LogP contribution in [0.3, 0.4) is 0 Å². The summed E-state index contributed by atoms with van der Waals surface area (Å²) in [6.45, 7) is 7.70. The molecular weight excluding hydrogens is 229 g/mol. The molecular formula is C15H24FNO. The van der Waals surface area contributed by atoms with Gasteiger partial charge >= 0.3 is 0 Å². The lowest BCUT2D eigenvalue weighted by atomic mass is 10.1. The van der Waals surface area contributed by atoms with E-state index >= 15 is 0 Å². The zero-order valence-electron chi connectivity index (χ0n) is 11.6. The van der Waals surface area contributed by atoms with E-state index < -0.39 is 0 Å². The molecule has 1 aromatic carbocycles. The Morgan fingerprint density at radius 3 is 2.61 bits per heavy atom. The van der Waals surface area contributed by atoms with E-state index in [4.69, 9.17) is 4.74 Å². The predicted octanol–water partition coefficient (Wildman–Crippen LogP) is 3.16. The van der Waals surface area contributed by atoms with Crippen LogP contribution in [0, 0.1) is 5.82 Å². The van der Waals surface area contributed by atoms with Crippen molar-refractivity contribution in [2.75, 3.05) is 13.2 Å². The first-order chi connectivity index (χ1) is 8.63. The predicted molar refractivity (Wildman–Crippen MR) is 73.3 cm³/mol. The van der Waals surface area contributed by atoms with Gasteiger partial charge in [-0.25, -0.2) is 4.39 Å². The van der Waals surface area contributed by atoms with Gasteiger partial charge in [-0.15, -0.1) is 0 Å². The summed E-state index contributed by atoms with van der Waals surface area (Å²) >= 11 is 0. The summed E-state index contributed by atoms with van der Waals surface area (Å²) < 4.78 is 19.2. The number of benzene rings is 1. The molecule has 0 bridgehead atoms. The van der Waals surface area contributed by atoms with Gasteiger partial charge in [-0.05, 0) is 44.9 Å². The van der Waals surface area contributed by atoms with Gasteiger partial charge < -0.3 is 10.1 Å². The van der Waals surface area contributed by atoms with Crippen molar-refractivity contribution in [2.24, 2.45) is 0 Å². The Hall–Kier alpha value is -0.930. The molecule has 1 unspecified atom stereocenters. The summed E-state index contributed by atoms with van der Waals surface area (Å²) in [5.41, 5.74) is 0.749. The van der Waals surface area contributed by atoms with Crippen molar-refractivity contribution < 1.29 is 9.13 Å². The third-order valence-electron chi connectivity index (χ3n) is 2.74. The summed E-state index contributed by atoms with van der Waals surface area (Å²) in [7, 11) is 0. The highest BCUT2D eigenvalue weighted by atomic mass is 19.1. The molecule has 0 aliphatic carbocycles. The summed E-state index contributed by atoms with van der Waals surface area (Å²) in [5.74, 6) is -0.134. The van der Waals surface area contributed by atoms with Gasteiger partial charge in [0.1, 0.15) is 5.82 Å². The van der Waals surface area contributed by atoms with E-state index in [0.717, 1.165) is 18.5 Å². The van der Waals surface area contributed by atoms with Gasteiger partial charge in [-0.3, -0.25) is 0 Å². The van der Waals surface area contributed by atoms with Crippen LogP contribution in [0.15, 0.2) is 24.3 Å². The number of halogens is 1. The maximum atomic E-state index is 13.6. The minimum absolute atomic E-state index is 0.134. The number of hydrogen-bond acceptors (Lipinski definition) is 2. The van der Waals surface area contributed by atoms with Crippen LogP contribution in [0.4, 0.5) is 4.39 Å². The Kier molecular flexibility index (Phi) is 6.91. The van der Waals surface area contributed by atoms with Gasteiger partial charge in [0.15, 0.2) is 0 Å². The SMILES string of the molecule is CCCNC(COC(C)C)Cc1ccccc1F. The van der Waals surface area contributed by atoms with Crippen molar-refractivity contribution in [2.45, 2.75) is 45.8 Å². The maximum Gasteiger partial charge on any atom is 0.126 e. The number of hydrogen-bond donors (Lipinski definition) is 1. The van der Waals surface area contributed by atoms with Crippen LogP contribution < -0.4 is 5.32 Å². The fourth-order valence-electron chi connectivity index (χ4n) is 1.78. The van der Waals surface area contributed by atoms with E-state index in [1.807, 2.05) is 26.0 Å². The van der Waals surface area contributed by atoms with Crippen LogP contribution in [0.2, 0.25) is 0 Å². The summed E-state index contributed by atoms with van der Waals surface area (Å²) in [4.78, 5) is 0. The van der Waals surface area contributed by atoms with E-state index in [2.05, 4.69) is 12.2 Å². The lowest BCUT2D eigenvalue weighted by molar-refractivity contribution is 0.0611. The molecule has 102 valence electrons. The average Bonchev–Trinajstić information content (AvgIpc) is 2.35. The van der Waals surface area contributed by atoms with Gasteiger partial charge in [0.2, 0.25) is 0 Å². The van der Waals surface area contributed by atoms with Crippen molar-refractivity contribution in [3.05, 3.63) is 35.6 Å². The molecule has 0 aliphatic heterocycles. The molecule has 0 saturated heterocycles. The molecule has 1 N–H and O–H groups in total. The second-order valence-electron chi connectivity index (χ2n) is 4.83. The standard InChI is InChI=1S/C15H24FNO/c1-4-9-17-14(11-18-12(2)3)10-13-7-5-6-8-15(13)16/h5-8,12,14,17H,4,9-11H2,1-3H3. The van der Waals surface area contributed by atoms with Crippen molar-refractivity contribution in [3.8, 4) is 0 Å². The molecule has 0 spiro atoms. The molecule has 0 saturated carbocycles. The van der Waals surface area contributed by atoms with Crippen LogP contribution in [-0.2, 0) is 11.2 Å². The smallest absolute Gasteiger partial charge is 0.126 e. The summed E-state index contributed by atoms with van der Waals surface area (Å²) in [5, 5.41) is 3.41. The normalized spacial score (nSPS) is 12.9. The fourth-order valence-corrected chi connectivity index (χ4v) is 1.78. The van der Waals surface area contributed by atoms with Crippen LogP contribution in [0.5, 0.6) is 0 Å². The number of nitrogens with one attached hydrogen (secondary N) is 1. The zero-order valence-corrected chi connectivity index (χ0v) is 11.6. The second kappa shape index (κ2) is 8.22. The van der Waals surface area contributed by atoms with E-state index in [0.29, 0.717) is 13.0 Å². The molecule has 18 heavy (non-hydrogen) atoms. The highest BCUT2D eigenvalue weighted by Crippen LogP contribution is 2.10. The lowest BCUT2D eigenvalue weighted by Gasteiger charge is -2.20. The van der Waals surface area contributed by atoms with E-state index in [9.17, 15) is 4.39 Å². The Morgan fingerprint density at radius 1 is 1.28 bits per heavy atom. The molecule has 0 fully saturated rings. The first-order valence-corrected chi connectivity index (χ1v) is 6.71. The average molecular weight is 253 g/mol. The van der Waals surface area contributed by atoms with Crippen LogP contribution in [-0.4, -0.2) is 25.3 Å². The number of ether oxygens (including phenoxy) is 1. The summed E-state index contributed by atoms with van der Waals surface area (Å²) in [6, 6.07) is 7.11. The summed E-state index contributed by atoms with van der Waals surface area (Å²) in [6.07, 6.45) is 1.94. The molecule has 0 heterocycles. The second-order valence-corrected chi connectivity index (χ2v) is 4.83. The molecule has 1 atom stereocenters. The van der Waals surface area contributed by atoms with E-state index in [1.165, 1.54) is 6.07 Å². The highest BCUT2D eigenvalue weighted by molar-refractivity contribution is 5.18. The Bertz CT molecular complexity index is 341.